The first-order valence-corrected chi connectivity index (χ1v) is 9.41. The molecule has 0 bridgehead atoms. The zero-order valence-corrected chi connectivity index (χ0v) is 17.4. The van der Waals surface area contributed by atoms with Gasteiger partial charge in [-0.05, 0) is 75.6 Å². The number of carbonyl (C=O) groups excluding carboxylic acids is 1. The van der Waals surface area contributed by atoms with Crippen molar-refractivity contribution in [2.45, 2.75) is 34.6 Å². The largest absolute Gasteiger partial charge is 0.483 e. The van der Waals surface area contributed by atoms with Crippen molar-refractivity contribution in [2.24, 2.45) is 0 Å². The van der Waals surface area contributed by atoms with Crippen molar-refractivity contribution in [3.05, 3.63) is 70.5 Å². The Hall–Kier alpha value is -3.41. The van der Waals surface area contributed by atoms with Crippen LogP contribution in [0.2, 0.25) is 0 Å². The number of ether oxygens (including phenoxy) is 2. The summed E-state index contributed by atoms with van der Waals surface area (Å²) in [5.41, 5.74) is 5.54. The van der Waals surface area contributed by atoms with E-state index < -0.39 is 0 Å². The zero-order valence-electron chi connectivity index (χ0n) is 17.4. The maximum Gasteiger partial charge on any atom is 0.322 e. The minimum absolute atomic E-state index is 0.0744. The third-order valence-corrected chi connectivity index (χ3v) is 4.41. The Morgan fingerprint density at radius 3 is 2.41 bits per heavy atom. The van der Waals surface area contributed by atoms with Crippen molar-refractivity contribution in [3.8, 4) is 17.5 Å². The molecule has 6 nitrogen and oxygen atoms in total. The lowest BCUT2D eigenvalue weighted by atomic mass is 10.1. The number of aryl methyl sites for hydroxylation is 4. The first-order valence-electron chi connectivity index (χ1n) is 9.41. The van der Waals surface area contributed by atoms with Crippen LogP contribution in [0.1, 0.15) is 28.1 Å². The molecule has 0 fully saturated rings. The second-order valence-electron chi connectivity index (χ2n) is 7.10. The highest BCUT2D eigenvalue weighted by molar-refractivity contribution is 5.92. The standard InChI is InChI=1S/C23H25N3O3/c1-14-9-15(2)18(5)21(10-14)28-13-22(27)26-19-7-6-8-20(12-19)29-23-24-16(3)11-17(4)25-23/h6-12H,13H2,1-5H3,(H,26,27). The van der Waals surface area contributed by atoms with Crippen molar-refractivity contribution < 1.29 is 14.3 Å². The smallest absolute Gasteiger partial charge is 0.322 e. The van der Waals surface area contributed by atoms with Gasteiger partial charge in [0.15, 0.2) is 6.61 Å². The molecule has 1 N–H and O–H groups in total. The van der Waals surface area contributed by atoms with E-state index in [1.54, 1.807) is 24.3 Å². The van der Waals surface area contributed by atoms with Crippen LogP contribution in [-0.2, 0) is 4.79 Å². The van der Waals surface area contributed by atoms with Gasteiger partial charge in [-0.3, -0.25) is 4.79 Å². The molecule has 29 heavy (non-hydrogen) atoms. The van der Waals surface area contributed by atoms with Crippen molar-refractivity contribution >= 4 is 11.6 Å². The van der Waals surface area contributed by atoms with Crippen LogP contribution in [0.4, 0.5) is 5.69 Å². The maximum absolute atomic E-state index is 12.3. The van der Waals surface area contributed by atoms with Crippen LogP contribution >= 0.6 is 0 Å². The highest BCUT2D eigenvalue weighted by Crippen LogP contribution is 2.24. The van der Waals surface area contributed by atoms with E-state index >= 15 is 0 Å². The topological polar surface area (TPSA) is 73.3 Å². The van der Waals surface area contributed by atoms with E-state index in [-0.39, 0.29) is 18.5 Å². The number of anilines is 1. The fraction of sp³-hybridized carbons (Fsp3) is 0.261. The zero-order chi connectivity index (χ0) is 21.0. The molecular weight excluding hydrogens is 366 g/mol. The Bertz CT molecular complexity index is 1030. The second kappa shape index (κ2) is 8.73. The predicted octanol–water partition coefficient (Wildman–Crippen LogP) is 4.83. The summed E-state index contributed by atoms with van der Waals surface area (Å²) in [4.78, 5) is 20.9. The third kappa shape index (κ3) is 5.54. The molecule has 3 rings (SSSR count). The van der Waals surface area contributed by atoms with Crippen LogP contribution in [0.5, 0.6) is 17.5 Å². The number of nitrogens with zero attached hydrogens (tertiary/aromatic N) is 2. The van der Waals surface area contributed by atoms with E-state index in [9.17, 15) is 4.79 Å². The molecule has 0 unspecified atom stereocenters. The van der Waals surface area contributed by atoms with E-state index in [2.05, 4.69) is 21.4 Å². The van der Waals surface area contributed by atoms with Crippen molar-refractivity contribution in [3.63, 3.8) is 0 Å². The number of hydrogen-bond donors (Lipinski definition) is 1. The Balaban J connectivity index is 1.63. The number of aromatic nitrogens is 2. The van der Waals surface area contributed by atoms with Crippen LogP contribution in [0.3, 0.4) is 0 Å². The number of hydrogen-bond acceptors (Lipinski definition) is 5. The summed E-state index contributed by atoms with van der Waals surface area (Å²) in [5.74, 6) is 1.02. The highest BCUT2D eigenvalue weighted by atomic mass is 16.5. The first-order chi connectivity index (χ1) is 13.8. The Morgan fingerprint density at radius 1 is 0.966 bits per heavy atom. The third-order valence-electron chi connectivity index (χ3n) is 4.41. The average Bonchev–Trinajstić information content (AvgIpc) is 2.63. The summed E-state index contributed by atoms with van der Waals surface area (Å²) >= 11 is 0. The number of carbonyl (C=O) groups is 1. The monoisotopic (exact) mass is 391 g/mol. The number of amides is 1. The minimum Gasteiger partial charge on any atom is -0.483 e. The molecular formula is C23H25N3O3. The summed E-state index contributed by atoms with van der Waals surface area (Å²) < 4.78 is 11.5. The lowest BCUT2D eigenvalue weighted by Crippen LogP contribution is -2.20. The fourth-order valence-corrected chi connectivity index (χ4v) is 2.97. The minimum atomic E-state index is -0.247. The Kier molecular flexibility index (Phi) is 6.12. The molecule has 0 radical (unpaired) electrons. The number of benzene rings is 2. The summed E-state index contributed by atoms with van der Waals surface area (Å²) in [6.07, 6.45) is 0. The predicted molar refractivity (Wildman–Crippen MR) is 113 cm³/mol. The van der Waals surface area contributed by atoms with Gasteiger partial charge in [-0.2, -0.15) is 0 Å². The van der Waals surface area contributed by atoms with Gasteiger partial charge in [-0.15, -0.1) is 0 Å². The first kappa shape index (κ1) is 20.3. The van der Waals surface area contributed by atoms with E-state index in [1.165, 1.54) is 0 Å². The molecule has 0 aliphatic heterocycles. The molecule has 1 amide bonds. The lowest BCUT2D eigenvalue weighted by molar-refractivity contribution is -0.118. The average molecular weight is 391 g/mol. The number of nitrogens with one attached hydrogen (secondary N) is 1. The molecule has 1 aromatic heterocycles. The summed E-state index contributed by atoms with van der Waals surface area (Å²) in [6, 6.07) is 13.3. The van der Waals surface area contributed by atoms with Crippen LogP contribution in [0.25, 0.3) is 0 Å². The Labute approximate surface area is 170 Å². The van der Waals surface area contributed by atoms with Crippen LogP contribution in [-0.4, -0.2) is 22.5 Å². The second-order valence-corrected chi connectivity index (χ2v) is 7.10. The fourth-order valence-electron chi connectivity index (χ4n) is 2.97. The Morgan fingerprint density at radius 2 is 1.69 bits per heavy atom. The van der Waals surface area contributed by atoms with Gasteiger partial charge in [-0.1, -0.05) is 12.1 Å². The summed E-state index contributed by atoms with van der Waals surface area (Å²) in [5, 5.41) is 2.83. The lowest BCUT2D eigenvalue weighted by Gasteiger charge is -2.13. The molecule has 1 heterocycles. The van der Waals surface area contributed by atoms with Crippen LogP contribution < -0.4 is 14.8 Å². The molecule has 0 saturated carbocycles. The van der Waals surface area contributed by atoms with E-state index in [4.69, 9.17) is 9.47 Å². The van der Waals surface area contributed by atoms with E-state index in [0.717, 1.165) is 33.8 Å². The van der Waals surface area contributed by atoms with E-state index in [1.807, 2.05) is 46.8 Å². The molecule has 150 valence electrons. The quantitative estimate of drug-likeness (QED) is 0.652. The highest BCUT2D eigenvalue weighted by Gasteiger charge is 2.09. The normalized spacial score (nSPS) is 10.5. The van der Waals surface area contributed by atoms with Crippen molar-refractivity contribution in [1.82, 2.24) is 9.97 Å². The van der Waals surface area contributed by atoms with Gasteiger partial charge < -0.3 is 14.8 Å². The van der Waals surface area contributed by atoms with Crippen molar-refractivity contribution in [2.75, 3.05) is 11.9 Å². The summed E-state index contributed by atoms with van der Waals surface area (Å²) in [6.45, 7) is 9.71. The van der Waals surface area contributed by atoms with Crippen molar-refractivity contribution in [1.29, 1.82) is 0 Å². The van der Waals surface area contributed by atoms with Gasteiger partial charge in [0, 0.05) is 23.1 Å². The van der Waals surface area contributed by atoms with Gasteiger partial charge in [-0.25, -0.2) is 9.97 Å². The molecule has 0 saturated heterocycles. The van der Waals surface area contributed by atoms with Crippen LogP contribution in [0.15, 0.2) is 42.5 Å². The molecule has 6 heteroatoms. The molecule has 0 spiro atoms. The molecule has 0 aliphatic carbocycles. The number of rotatable bonds is 6. The van der Waals surface area contributed by atoms with Gasteiger partial charge in [0.1, 0.15) is 11.5 Å². The SMILES string of the molecule is Cc1cc(C)c(C)c(OCC(=O)Nc2cccc(Oc3nc(C)cc(C)n3)c2)c1. The van der Waals surface area contributed by atoms with Gasteiger partial charge in [0.2, 0.25) is 0 Å². The van der Waals surface area contributed by atoms with Crippen LogP contribution in [0, 0.1) is 34.6 Å². The molecule has 2 aromatic carbocycles. The van der Waals surface area contributed by atoms with Gasteiger partial charge >= 0.3 is 6.01 Å². The molecule has 0 aliphatic rings. The van der Waals surface area contributed by atoms with Gasteiger partial charge in [0.05, 0.1) is 0 Å². The van der Waals surface area contributed by atoms with E-state index in [0.29, 0.717) is 11.4 Å². The maximum atomic E-state index is 12.3. The summed E-state index contributed by atoms with van der Waals surface area (Å²) in [7, 11) is 0. The van der Waals surface area contributed by atoms with Gasteiger partial charge in [0.25, 0.3) is 5.91 Å². The molecule has 0 atom stereocenters. The molecule has 3 aromatic rings.